The molecule has 2 unspecified atom stereocenters. The number of hydrogen-bond acceptors (Lipinski definition) is 2. The minimum atomic E-state index is 0.182. The van der Waals surface area contributed by atoms with E-state index in [-0.39, 0.29) is 6.04 Å². The van der Waals surface area contributed by atoms with Crippen LogP contribution in [-0.4, -0.2) is 12.6 Å². The van der Waals surface area contributed by atoms with Gasteiger partial charge in [-0.1, -0.05) is 36.8 Å². The lowest BCUT2D eigenvalue weighted by molar-refractivity contribution is 0.362. The molecule has 1 saturated heterocycles. The molecule has 82 valence electrons. The van der Waals surface area contributed by atoms with Gasteiger partial charge in [0.1, 0.15) is 0 Å². The maximum atomic E-state index is 6.19. The lowest BCUT2D eigenvalue weighted by Crippen LogP contribution is -2.36. The first-order valence-corrected chi connectivity index (χ1v) is 5.90. The molecule has 1 aliphatic rings. The van der Waals surface area contributed by atoms with Crippen molar-refractivity contribution < 1.29 is 0 Å². The Morgan fingerprint density at radius 1 is 1.27 bits per heavy atom. The van der Waals surface area contributed by atoms with Crippen LogP contribution in [0.25, 0.3) is 0 Å². The molecule has 0 bridgehead atoms. The Balaban J connectivity index is 1.88. The second-order valence-electron chi connectivity index (χ2n) is 4.40. The minimum absolute atomic E-state index is 0.182. The highest BCUT2D eigenvalue weighted by atomic mass is 14.9. The number of rotatable bonds is 3. The molecule has 1 aliphatic heterocycles. The second-order valence-corrected chi connectivity index (χ2v) is 4.40. The van der Waals surface area contributed by atoms with Crippen molar-refractivity contribution in [3.05, 3.63) is 35.9 Å². The van der Waals surface area contributed by atoms with Crippen molar-refractivity contribution >= 4 is 0 Å². The van der Waals surface area contributed by atoms with Crippen LogP contribution in [-0.2, 0) is 0 Å². The van der Waals surface area contributed by atoms with Crippen LogP contribution in [0.5, 0.6) is 0 Å². The van der Waals surface area contributed by atoms with Gasteiger partial charge in [-0.2, -0.15) is 0 Å². The van der Waals surface area contributed by atoms with E-state index in [1.165, 1.54) is 24.8 Å². The van der Waals surface area contributed by atoms with Gasteiger partial charge in [-0.25, -0.2) is 0 Å². The Morgan fingerprint density at radius 3 is 2.73 bits per heavy atom. The summed E-state index contributed by atoms with van der Waals surface area (Å²) in [7, 11) is 0. The molecule has 0 amide bonds. The van der Waals surface area contributed by atoms with E-state index in [9.17, 15) is 0 Å². The Bertz CT molecular complexity index is 278. The van der Waals surface area contributed by atoms with Gasteiger partial charge in [-0.15, -0.1) is 0 Å². The van der Waals surface area contributed by atoms with Crippen molar-refractivity contribution in [1.29, 1.82) is 0 Å². The van der Waals surface area contributed by atoms with Gasteiger partial charge in [0.25, 0.3) is 0 Å². The maximum Gasteiger partial charge on any atom is 0.0309 e. The summed E-state index contributed by atoms with van der Waals surface area (Å²) in [4.78, 5) is 0. The Hall–Kier alpha value is -0.860. The third-order valence-corrected chi connectivity index (χ3v) is 3.18. The van der Waals surface area contributed by atoms with Crippen molar-refractivity contribution in [2.45, 2.75) is 37.8 Å². The first-order valence-electron chi connectivity index (χ1n) is 5.90. The molecule has 15 heavy (non-hydrogen) atoms. The van der Waals surface area contributed by atoms with Gasteiger partial charge in [-0.05, 0) is 31.4 Å². The van der Waals surface area contributed by atoms with E-state index in [4.69, 9.17) is 5.73 Å². The number of hydrogen-bond donors (Lipinski definition) is 2. The molecule has 2 nitrogen and oxygen atoms in total. The third-order valence-electron chi connectivity index (χ3n) is 3.18. The summed E-state index contributed by atoms with van der Waals surface area (Å²) in [6.07, 6.45) is 5.00. The van der Waals surface area contributed by atoms with Crippen molar-refractivity contribution in [3.63, 3.8) is 0 Å². The Morgan fingerprint density at radius 2 is 2.07 bits per heavy atom. The zero-order chi connectivity index (χ0) is 10.5. The number of piperidine rings is 1. The SMILES string of the molecule is NC(CC1CCCCN1)c1ccccc1. The van der Waals surface area contributed by atoms with Gasteiger partial charge in [0.2, 0.25) is 0 Å². The van der Waals surface area contributed by atoms with Crippen LogP contribution in [0, 0.1) is 0 Å². The molecule has 1 fully saturated rings. The molecule has 2 rings (SSSR count). The smallest absolute Gasteiger partial charge is 0.0309 e. The van der Waals surface area contributed by atoms with Crippen molar-refractivity contribution in [2.75, 3.05) is 6.54 Å². The molecule has 2 heteroatoms. The van der Waals surface area contributed by atoms with Crippen LogP contribution in [0.15, 0.2) is 30.3 Å². The highest BCUT2D eigenvalue weighted by Crippen LogP contribution is 2.19. The van der Waals surface area contributed by atoms with Crippen LogP contribution in [0.2, 0.25) is 0 Å². The Kier molecular flexibility index (Phi) is 3.75. The van der Waals surface area contributed by atoms with Gasteiger partial charge < -0.3 is 11.1 Å². The number of nitrogens with two attached hydrogens (primary N) is 1. The van der Waals surface area contributed by atoms with Gasteiger partial charge in [0.05, 0.1) is 0 Å². The molecule has 1 aromatic carbocycles. The number of nitrogens with one attached hydrogen (secondary N) is 1. The van der Waals surface area contributed by atoms with E-state index in [1.807, 2.05) is 6.07 Å². The largest absolute Gasteiger partial charge is 0.324 e. The fourth-order valence-corrected chi connectivity index (χ4v) is 2.27. The Labute approximate surface area is 91.9 Å². The number of benzene rings is 1. The zero-order valence-corrected chi connectivity index (χ0v) is 9.15. The van der Waals surface area contributed by atoms with E-state index < -0.39 is 0 Å². The van der Waals surface area contributed by atoms with Crippen molar-refractivity contribution in [3.8, 4) is 0 Å². The summed E-state index contributed by atoms with van der Waals surface area (Å²) in [5.41, 5.74) is 7.44. The molecule has 1 heterocycles. The molecular formula is C13H20N2. The van der Waals surface area contributed by atoms with Crippen LogP contribution in [0.3, 0.4) is 0 Å². The quantitative estimate of drug-likeness (QED) is 0.792. The highest BCUT2D eigenvalue weighted by molar-refractivity contribution is 5.18. The summed E-state index contributed by atoms with van der Waals surface area (Å²) in [6, 6.07) is 11.2. The lowest BCUT2D eigenvalue weighted by atomic mass is 9.95. The average Bonchev–Trinajstić information content (AvgIpc) is 2.31. The van der Waals surface area contributed by atoms with Crippen LogP contribution in [0.4, 0.5) is 0 Å². The standard InChI is InChI=1S/C13H20N2/c14-13(11-6-2-1-3-7-11)10-12-8-4-5-9-15-12/h1-3,6-7,12-13,15H,4-5,8-10,14H2. The summed E-state index contributed by atoms with van der Waals surface area (Å²) in [5, 5.41) is 3.54. The van der Waals surface area contributed by atoms with Gasteiger partial charge in [0, 0.05) is 12.1 Å². The molecule has 2 atom stereocenters. The molecule has 0 aromatic heterocycles. The van der Waals surface area contributed by atoms with E-state index in [1.54, 1.807) is 0 Å². The minimum Gasteiger partial charge on any atom is -0.324 e. The second kappa shape index (κ2) is 5.29. The van der Waals surface area contributed by atoms with E-state index >= 15 is 0 Å². The zero-order valence-electron chi connectivity index (χ0n) is 9.15. The molecular weight excluding hydrogens is 184 g/mol. The van der Waals surface area contributed by atoms with Crippen LogP contribution >= 0.6 is 0 Å². The monoisotopic (exact) mass is 204 g/mol. The van der Waals surface area contributed by atoms with E-state index in [2.05, 4.69) is 29.6 Å². The molecule has 1 aromatic rings. The van der Waals surface area contributed by atoms with Crippen molar-refractivity contribution in [1.82, 2.24) is 5.32 Å². The third kappa shape index (κ3) is 3.05. The summed E-state index contributed by atoms with van der Waals surface area (Å²) in [6.45, 7) is 1.16. The molecule has 0 spiro atoms. The van der Waals surface area contributed by atoms with Gasteiger partial charge in [-0.3, -0.25) is 0 Å². The van der Waals surface area contributed by atoms with Crippen molar-refractivity contribution in [2.24, 2.45) is 5.73 Å². The predicted molar refractivity (Wildman–Crippen MR) is 63.6 cm³/mol. The topological polar surface area (TPSA) is 38.0 Å². The van der Waals surface area contributed by atoms with Crippen LogP contribution in [0.1, 0.15) is 37.3 Å². The van der Waals surface area contributed by atoms with E-state index in [0.717, 1.165) is 13.0 Å². The molecule has 3 N–H and O–H groups in total. The average molecular weight is 204 g/mol. The summed E-state index contributed by atoms with van der Waals surface area (Å²) < 4.78 is 0. The molecule has 0 radical (unpaired) electrons. The predicted octanol–water partition coefficient (Wildman–Crippen LogP) is 2.22. The molecule has 0 aliphatic carbocycles. The first-order chi connectivity index (χ1) is 7.36. The van der Waals surface area contributed by atoms with E-state index in [0.29, 0.717) is 6.04 Å². The van der Waals surface area contributed by atoms with Crippen LogP contribution < -0.4 is 11.1 Å². The first kappa shape index (κ1) is 10.7. The molecule has 0 saturated carbocycles. The normalized spacial score (nSPS) is 23.7. The van der Waals surface area contributed by atoms with Gasteiger partial charge in [0.15, 0.2) is 0 Å². The summed E-state index contributed by atoms with van der Waals surface area (Å²) in [5.74, 6) is 0. The highest BCUT2D eigenvalue weighted by Gasteiger charge is 2.16. The fraction of sp³-hybridized carbons (Fsp3) is 0.538. The fourth-order valence-electron chi connectivity index (χ4n) is 2.27. The van der Waals surface area contributed by atoms with Gasteiger partial charge >= 0.3 is 0 Å². The maximum absolute atomic E-state index is 6.19. The lowest BCUT2D eigenvalue weighted by Gasteiger charge is -2.26. The summed E-state index contributed by atoms with van der Waals surface area (Å²) >= 11 is 0.